The van der Waals surface area contributed by atoms with Gasteiger partial charge in [0.1, 0.15) is 0 Å². The predicted octanol–water partition coefficient (Wildman–Crippen LogP) is 1.19. The van der Waals surface area contributed by atoms with E-state index < -0.39 is 0 Å². The molecule has 0 saturated carbocycles. The summed E-state index contributed by atoms with van der Waals surface area (Å²) in [5.74, 6) is 0. The number of nitrogens with two attached hydrogens (primary N) is 1. The lowest BCUT2D eigenvalue weighted by Crippen LogP contribution is -2.41. The Morgan fingerprint density at radius 3 is 2.71 bits per heavy atom. The molecule has 0 atom stereocenters. The van der Waals surface area contributed by atoms with Crippen LogP contribution in [-0.4, -0.2) is 48.0 Å². The van der Waals surface area contributed by atoms with E-state index in [1.807, 2.05) is 12.1 Å². The zero-order valence-electron chi connectivity index (χ0n) is 10.8. The van der Waals surface area contributed by atoms with Gasteiger partial charge in [-0.05, 0) is 52.2 Å². The maximum absolute atomic E-state index is 5.63. The molecule has 0 unspecified atom stereocenters. The van der Waals surface area contributed by atoms with Crippen LogP contribution in [0.4, 0.5) is 5.69 Å². The van der Waals surface area contributed by atoms with E-state index in [-0.39, 0.29) is 0 Å². The molecule has 1 saturated heterocycles. The summed E-state index contributed by atoms with van der Waals surface area (Å²) in [7, 11) is 4.38. The first-order chi connectivity index (χ1) is 8.15. The van der Waals surface area contributed by atoms with E-state index in [0.717, 1.165) is 17.9 Å². The van der Waals surface area contributed by atoms with Gasteiger partial charge in [0, 0.05) is 12.6 Å². The van der Waals surface area contributed by atoms with Crippen molar-refractivity contribution >= 4 is 5.69 Å². The lowest BCUT2D eigenvalue weighted by Gasteiger charge is -2.34. The maximum Gasteiger partial charge on any atom is 0.0545 e. The number of hydrogen-bond donors (Lipinski definition) is 1. The van der Waals surface area contributed by atoms with Gasteiger partial charge in [0.25, 0.3) is 0 Å². The lowest BCUT2D eigenvalue weighted by atomic mass is 10.0. The Hall–Kier alpha value is -1.13. The number of pyridine rings is 1. The molecule has 2 heterocycles. The molecule has 1 aliphatic rings. The van der Waals surface area contributed by atoms with Crippen molar-refractivity contribution in [2.24, 2.45) is 0 Å². The fourth-order valence-corrected chi connectivity index (χ4v) is 2.35. The molecule has 2 N–H and O–H groups in total. The number of nitrogen functional groups attached to an aromatic ring is 1. The van der Waals surface area contributed by atoms with Crippen LogP contribution in [0.3, 0.4) is 0 Å². The highest BCUT2D eigenvalue weighted by Crippen LogP contribution is 2.16. The Balaban J connectivity index is 1.88. The Morgan fingerprint density at radius 1 is 1.41 bits per heavy atom. The molecule has 0 spiro atoms. The van der Waals surface area contributed by atoms with Crippen LogP contribution in [0.5, 0.6) is 0 Å². The van der Waals surface area contributed by atoms with Crippen molar-refractivity contribution in [3.05, 3.63) is 24.0 Å². The quantitative estimate of drug-likeness (QED) is 0.853. The number of hydrogen-bond acceptors (Lipinski definition) is 4. The van der Waals surface area contributed by atoms with Crippen molar-refractivity contribution in [2.45, 2.75) is 25.4 Å². The molecular weight excluding hydrogens is 212 g/mol. The first kappa shape index (κ1) is 12.3. The second kappa shape index (κ2) is 5.47. The molecule has 1 fully saturated rings. The summed E-state index contributed by atoms with van der Waals surface area (Å²) in [6.07, 6.45) is 4.24. The molecule has 2 rings (SSSR count). The average molecular weight is 234 g/mol. The minimum absolute atomic E-state index is 0.686. The minimum Gasteiger partial charge on any atom is -0.397 e. The Bertz CT molecular complexity index is 341. The van der Waals surface area contributed by atoms with E-state index >= 15 is 0 Å². The van der Waals surface area contributed by atoms with E-state index in [0.29, 0.717) is 6.04 Å². The molecule has 0 bridgehead atoms. The van der Waals surface area contributed by atoms with Crippen LogP contribution in [0.2, 0.25) is 0 Å². The number of rotatable bonds is 3. The van der Waals surface area contributed by atoms with Crippen LogP contribution in [0, 0.1) is 0 Å². The van der Waals surface area contributed by atoms with E-state index in [1.165, 1.54) is 25.9 Å². The number of likely N-dealkylation sites (tertiary alicyclic amines) is 1. The van der Waals surface area contributed by atoms with Gasteiger partial charge in [-0.1, -0.05) is 0 Å². The van der Waals surface area contributed by atoms with Gasteiger partial charge in [0.15, 0.2) is 0 Å². The first-order valence-corrected chi connectivity index (χ1v) is 6.24. The Kier molecular flexibility index (Phi) is 3.97. The summed E-state index contributed by atoms with van der Waals surface area (Å²) in [5.41, 5.74) is 7.46. The van der Waals surface area contributed by atoms with Gasteiger partial charge in [0.2, 0.25) is 0 Å². The third kappa shape index (κ3) is 3.41. The van der Waals surface area contributed by atoms with E-state index in [4.69, 9.17) is 5.73 Å². The molecule has 0 aromatic carbocycles. The molecule has 4 heteroatoms. The third-order valence-electron chi connectivity index (χ3n) is 3.57. The molecule has 0 radical (unpaired) electrons. The number of piperidine rings is 1. The molecule has 17 heavy (non-hydrogen) atoms. The maximum atomic E-state index is 5.63. The van der Waals surface area contributed by atoms with Crippen molar-refractivity contribution in [3.8, 4) is 0 Å². The highest BCUT2D eigenvalue weighted by atomic mass is 15.2. The molecular formula is C13H22N4. The third-order valence-corrected chi connectivity index (χ3v) is 3.57. The van der Waals surface area contributed by atoms with Crippen LogP contribution in [0.1, 0.15) is 18.5 Å². The number of nitrogens with zero attached hydrogens (tertiary/aromatic N) is 3. The Morgan fingerprint density at radius 2 is 2.12 bits per heavy atom. The van der Waals surface area contributed by atoms with Crippen molar-refractivity contribution in [1.29, 1.82) is 0 Å². The topological polar surface area (TPSA) is 45.4 Å². The monoisotopic (exact) mass is 234 g/mol. The van der Waals surface area contributed by atoms with Gasteiger partial charge >= 0.3 is 0 Å². The van der Waals surface area contributed by atoms with Gasteiger partial charge in [-0.15, -0.1) is 0 Å². The largest absolute Gasteiger partial charge is 0.397 e. The number of aromatic nitrogens is 1. The SMILES string of the molecule is CN1CCC(N(C)Cc2ccc(N)cn2)CC1. The smallest absolute Gasteiger partial charge is 0.0545 e. The summed E-state index contributed by atoms with van der Waals surface area (Å²) in [6.45, 7) is 3.31. The molecule has 1 aromatic rings. The highest BCUT2D eigenvalue weighted by Gasteiger charge is 2.20. The van der Waals surface area contributed by atoms with Gasteiger partial charge in [-0.3, -0.25) is 9.88 Å². The summed E-state index contributed by atoms with van der Waals surface area (Å²) in [4.78, 5) is 9.15. The van der Waals surface area contributed by atoms with Crippen LogP contribution in [-0.2, 0) is 6.54 Å². The van der Waals surface area contributed by atoms with Crippen molar-refractivity contribution < 1.29 is 0 Å². The van der Waals surface area contributed by atoms with Crippen molar-refractivity contribution in [2.75, 3.05) is 32.9 Å². The first-order valence-electron chi connectivity index (χ1n) is 6.24. The minimum atomic E-state index is 0.686. The van der Waals surface area contributed by atoms with E-state index in [2.05, 4.69) is 28.9 Å². The average Bonchev–Trinajstić information content (AvgIpc) is 2.33. The molecule has 0 amide bonds. The predicted molar refractivity (Wildman–Crippen MR) is 70.6 cm³/mol. The van der Waals surface area contributed by atoms with Crippen LogP contribution in [0.25, 0.3) is 0 Å². The van der Waals surface area contributed by atoms with Crippen molar-refractivity contribution in [3.63, 3.8) is 0 Å². The molecule has 0 aliphatic carbocycles. The highest BCUT2D eigenvalue weighted by molar-refractivity contribution is 5.34. The standard InChI is InChI=1S/C13H22N4/c1-16-7-5-13(6-8-16)17(2)10-12-4-3-11(14)9-15-12/h3-4,9,13H,5-8,10,14H2,1-2H3. The summed E-state index contributed by atoms with van der Waals surface area (Å²) < 4.78 is 0. The van der Waals surface area contributed by atoms with Crippen LogP contribution in [0.15, 0.2) is 18.3 Å². The molecule has 1 aliphatic heterocycles. The van der Waals surface area contributed by atoms with Gasteiger partial charge in [-0.2, -0.15) is 0 Å². The van der Waals surface area contributed by atoms with Gasteiger partial charge < -0.3 is 10.6 Å². The zero-order valence-corrected chi connectivity index (χ0v) is 10.8. The molecule has 94 valence electrons. The normalized spacial score (nSPS) is 18.8. The fourth-order valence-electron chi connectivity index (χ4n) is 2.35. The molecule has 4 nitrogen and oxygen atoms in total. The molecule has 1 aromatic heterocycles. The van der Waals surface area contributed by atoms with Crippen LogP contribution < -0.4 is 5.73 Å². The summed E-state index contributed by atoms with van der Waals surface area (Å²) >= 11 is 0. The van der Waals surface area contributed by atoms with Gasteiger partial charge in [0.05, 0.1) is 17.6 Å². The second-order valence-corrected chi connectivity index (χ2v) is 5.03. The van der Waals surface area contributed by atoms with Crippen LogP contribution >= 0.6 is 0 Å². The summed E-state index contributed by atoms with van der Waals surface area (Å²) in [6, 6.07) is 4.62. The summed E-state index contributed by atoms with van der Waals surface area (Å²) in [5, 5.41) is 0. The second-order valence-electron chi connectivity index (χ2n) is 5.03. The fraction of sp³-hybridized carbons (Fsp3) is 0.615. The lowest BCUT2D eigenvalue weighted by molar-refractivity contribution is 0.138. The number of anilines is 1. The Labute approximate surface area is 103 Å². The zero-order chi connectivity index (χ0) is 12.3. The van der Waals surface area contributed by atoms with E-state index in [9.17, 15) is 0 Å². The van der Waals surface area contributed by atoms with E-state index in [1.54, 1.807) is 6.20 Å². The van der Waals surface area contributed by atoms with Gasteiger partial charge in [-0.25, -0.2) is 0 Å². The van der Waals surface area contributed by atoms with Crippen molar-refractivity contribution in [1.82, 2.24) is 14.8 Å².